The van der Waals surface area contributed by atoms with Crippen LogP contribution < -0.4 is 4.74 Å². The lowest BCUT2D eigenvalue weighted by Gasteiger charge is -2.03. The highest BCUT2D eigenvalue weighted by Gasteiger charge is 2.08. The average Bonchev–Trinajstić information content (AvgIpc) is 2.15. The van der Waals surface area contributed by atoms with Crippen LogP contribution in [0.25, 0.3) is 0 Å². The van der Waals surface area contributed by atoms with E-state index >= 15 is 0 Å². The van der Waals surface area contributed by atoms with Crippen LogP contribution in [0.5, 0.6) is 5.88 Å². The molecule has 0 fully saturated rings. The molecule has 0 aromatic carbocycles. The largest absolute Gasteiger partial charge is 0.470 e. The van der Waals surface area contributed by atoms with E-state index in [1.807, 2.05) is 0 Å². The van der Waals surface area contributed by atoms with Crippen LogP contribution in [0.4, 0.5) is 8.78 Å². The van der Waals surface area contributed by atoms with Crippen molar-refractivity contribution in [3.63, 3.8) is 0 Å². The Kier molecular flexibility index (Phi) is 3.09. The van der Waals surface area contributed by atoms with E-state index in [4.69, 9.17) is 5.26 Å². The molecule has 0 saturated heterocycles. The molecule has 0 bridgehead atoms. The Hall–Kier alpha value is -1.77. The van der Waals surface area contributed by atoms with Crippen molar-refractivity contribution in [3.05, 3.63) is 17.8 Å². The van der Waals surface area contributed by atoms with Gasteiger partial charge in [0.2, 0.25) is 0 Å². The third-order valence-electron chi connectivity index (χ3n) is 1.15. The molecule has 0 N–H and O–H groups in total. The summed E-state index contributed by atoms with van der Waals surface area (Å²) in [5, 5.41) is 15.3. The van der Waals surface area contributed by atoms with Gasteiger partial charge in [-0.3, -0.25) is 0 Å². The molecule has 1 rings (SSSR count). The van der Waals surface area contributed by atoms with Crippen LogP contribution in [-0.4, -0.2) is 23.2 Å². The highest BCUT2D eigenvalue weighted by Crippen LogP contribution is 2.11. The number of hydrogen-bond donors (Lipinski definition) is 0. The number of nitriles is 1. The number of rotatable bonds is 3. The summed E-state index contributed by atoms with van der Waals surface area (Å²) >= 11 is 0. The van der Waals surface area contributed by atoms with Crippen molar-refractivity contribution < 1.29 is 13.5 Å². The number of nitrogens with zero attached hydrogens (tertiary/aromatic N) is 3. The zero-order valence-corrected chi connectivity index (χ0v) is 6.44. The molecule has 0 aliphatic heterocycles. The summed E-state index contributed by atoms with van der Waals surface area (Å²) in [6.45, 7) is -0.784. The van der Waals surface area contributed by atoms with Gasteiger partial charge in [-0.15, -0.1) is 5.10 Å². The van der Waals surface area contributed by atoms with E-state index in [1.54, 1.807) is 6.07 Å². The molecular formula is C7H5F2N3O. The molecule has 0 spiro atoms. The molecule has 0 radical (unpaired) electrons. The number of halogens is 2. The molecule has 0 amide bonds. The standard InChI is InChI=1S/C7H5F2N3O/c8-6(9)4-13-7-5(3-10)1-2-11-12-7/h1-2,6H,4H2. The van der Waals surface area contributed by atoms with E-state index in [2.05, 4.69) is 14.9 Å². The monoisotopic (exact) mass is 185 g/mol. The highest BCUT2D eigenvalue weighted by molar-refractivity contribution is 5.35. The maximum Gasteiger partial charge on any atom is 0.272 e. The molecule has 0 aliphatic carbocycles. The molecule has 6 heteroatoms. The van der Waals surface area contributed by atoms with Crippen molar-refractivity contribution in [2.24, 2.45) is 0 Å². The lowest BCUT2D eigenvalue weighted by Crippen LogP contribution is -2.09. The highest BCUT2D eigenvalue weighted by atomic mass is 19.3. The first kappa shape index (κ1) is 9.32. The van der Waals surface area contributed by atoms with Crippen molar-refractivity contribution in [1.29, 1.82) is 5.26 Å². The molecule has 1 aromatic rings. The number of aromatic nitrogens is 2. The van der Waals surface area contributed by atoms with Crippen LogP contribution in [0.1, 0.15) is 5.56 Å². The fourth-order valence-electron chi connectivity index (χ4n) is 0.652. The van der Waals surface area contributed by atoms with Gasteiger partial charge in [0.15, 0.2) is 6.61 Å². The van der Waals surface area contributed by atoms with Gasteiger partial charge >= 0.3 is 0 Å². The van der Waals surface area contributed by atoms with Gasteiger partial charge in [0.05, 0.1) is 6.20 Å². The van der Waals surface area contributed by atoms with Crippen LogP contribution in [0.15, 0.2) is 12.3 Å². The Labute approximate surface area is 72.8 Å². The molecule has 13 heavy (non-hydrogen) atoms. The minimum atomic E-state index is -2.59. The van der Waals surface area contributed by atoms with E-state index < -0.39 is 13.0 Å². The molecule has 1 aromatic heterocycles. The zero-order valence-electron chi connectivity index (χ0n) is 6.44. The summed E-state index contributed by atoms with van der Waals surface area (Å²) in [4.78, 5) is 0. The smallest absolute Gasteiger partial charge is 0.272 e. The molecular weight excluding hydrogens is 180 g/mol. The van der Waals surface area contributed by atoms with Gasteiger partial charge in [-0.25, -0.2) is 8.78 Å². The number of ether oxygens (including phenoxy) is 1. The Morgan fingerprint density at radius 1 is 1.62 bits per heavy atom. The summed E-state index contributed by atoms with van der Waals surface area (Å²) in [5.41, 5.74) is 0.0932. The van der Waals surface area contributed by atoms with Gasteiger partial charge in [-0.2, -0.15) is 10.4 Å². The topological polar surface area (TPSA) is 58.8 Å². The van der Waals surface area contributed by atoms with Gasteiger partial charge in [-0.1, -0.05) is 0 Å². The SMILES string of the molecule is N#Cc1ccnnc1OCC(F)F. The summed E-state index contributed by atoms with van der Waals surface area (Å²) in [6, 6.07) is 3.09. The van der Waals surface area contributed by atoms with Gasteiger partial charge in [-0.05, 0) is 6.07 Å². The molecule has 0 unspecified atom stereocenters. The third-order valence-corrected chi connectivity index (χ3v) is 1.15. The van der Waals surface area contributed by atoms with Crippen molar-refractivity contribution in [1.82, 2.24) is 10.2 Å². The van der Waals surface area contributed by atoms with Crippen LogP contribution >= 0.6 is 0 Å². The second-order valence-corrected chi connectivity index (χ2v) is 2.06. The molecule has 4 nitrogen and oxygen atoms in total. The van der Waals surface area contributed by atoms with E-state index in [1.165, 1.54) is 12.3 Å². The van der Waals surface area contributed by atoms with Gasteiger partial charge in [0, 0.05) is 0 Å². The van der Waals surface area contributed by atoms with E-state index in [0.717, 1.165) is 0 Å². The summed E-state index contributed by atoms with van der Waals surface area (Å²) < 4.78 is 27.9. The molecule has 0 aliphatic rings. The Morgan fingerprint density at radius 2 is 2.38 bits per heavy atom. The lowest BCUT2D eigenvalue weighted by atomic mass is 10.3. The lowest BCUT2D eigenvalue weighted by molar-refractivity contribution is 0.0789. The second-order valence-electron chi connectivity index (χ2n) is 2.06. The van der Waals surface area contributed by atoms with Crippen LogP contribution in [0.2, 0.25) is 0 Å². The Balaban J connectivity index is 2.71. The van der Waals surface area contributed by atoms with E-state index in [0.29, 0.717) is 0 Å². The Bertz CT molecular complexity index is 324. The second kappa shape index (κ2) is 4.30. The fourth-order valence-corrected chi connectivity index (χ4v) is 0.652. The van der Waals surface area contributed by atoms with Crippen LogP contribution in [0, 0.1) is 11.3 Å². The minimum Gasteiger partial charge on any atom is -0.470 e. The maximum absolute atomic E-state index is 11.7. The van der Waals surface area contributed by atoms with Crippen molar-refractivity contribution in [2.75, 3.05) is 6.61 Å². The summed E-state index contributed by atoms with van der Waals surface area (Å²) in [7, 11) is 0. The van der Waals surface area contributed by atoms with E-state index in [9.17, 15) is 8.78 Å². The summed E-state index contributed by atoms with van der Waals surface area (Å²) in [5.74, 6) is -0.162. The summed E-state index contributed by atoms with van der Waals surface area (Å²) in [6.07, 6.45) is -1.30. The van der Waals surface area contributed by atoms with E-state index in [-0.39, 0.29) is 11.4 Å². The Morgan fingerprint density at radius 3 is 3.00 bits per heavy atom. The minimum absolute atomic E-state index is 0.0932. The molecule has 0 saturated carbocycles. The average molecular weight is 185 g/mol. The predicted octanol–water partition coefficient (Wildman–Crippen LogP) is 0.992. The number of hydrogen-bond acceptors (Lipinski definition) is 4. The normalized spacial score (nSPS) is 9.69. The van der Waals surface area contributed by atoms with Crippen LogP contribution in [-0.2, 0) is 0 Å². The third kappa shape index (κ3) is 2.63. The fraction of sp³-hybridized carbons (Fsp3) is 0.286. The van der Waals surface area contributed by atoms with Crippen molar-refractivity contribution in [2.45, 2.75) is 6.43 Å². The zero-order chi connectivity index (χ0) is 9.68. The quantitative estimate of drug-likeness (QED) is 0.704. The van der Waals surface area contributed by atoms with Crippen LogP contribution in [0.3, 0.4) is 0 Å². The van der Waals surface area contributed by atoms with Crippen molar-refractivity contribution in [3.8, 4) is 11.9 Å². The molecule has 68 valence electrons. The first-order valence-corrected chi connectivity index (χ1v) is 3.36. The molecule has 1 heterocycles. The molecule has 0 atom stereocenters. The van der Waals surface area contributed by atoms with Crippen molar-refractivity contribution >= 4 is 0 Å². The maximum atomic E-state index is 11.7. The first-order chi connectivity index (χ1) is 6.24. The van der Waals surface area contributed by atoms with Gasteiger partial charge < -0.3 is 4.74 Å². The predicted molar refractivity (Wildman–Crippen MR) is 38.2 cm³/mol. The van der Waals surface area contributed by atoms with Gasteiger partial charge in [0.25, 0.3) is 12.3 Å². The first-order valence-electron chi connectivity index (χ1n) is 3.36. The van der Waals surface area contributed by atoms with Gasteiger partial charge in [0.1, 0.15) is 11.6 Å². The number of alkyl halides is 2.